The molecule has 0 amide bonds. The van der Waals surface area contributed by atoms with E-state index in [4.69, 9.17) is 4.74 Å². The smallest absolute Gasteiger partial charge is 0.134 e. The maximum atomic E-state index is 5.46. The summed E-state index contributed by atoms with van der Waals surface area (Å²) in [5, 5.41) is 5.71. The molecule has 0 radical (unpaired) electrons. The highest BCUT2D eigenvalue weighted by Gasteiger charge is 2.17. The minimum atomic E-state index is 0.335. The molecule has 0 spiro atoms. The highest BCUT2D eigenvalue weighted by atomic mass is 32.1. The van der Waals surface area contributed by atoms with Crippen LogP contribution in [-0.2, 0) is 13.5 Å². The highest BCUT2D eigenvalue weighted by Crippen LogP contribution is 2.33. The minimum Gasteiger partial charge on any atom is -0.496 e. The van der Waals surface area contributed by atoms with E-state index >= 15 is 0 Å². The SMILES string of the molecule is CCCNC(CCc1nccn1C)c1sccc1OC. The number of nitrogens with zero attached hydrogens (tertiary/aromatic N) is 2. The molecule has 2 heterocycles. The summed E-state index contributed by atoms with van der Waals surface area (Å²) in [7, 11) is 3.78. The lowest BCUT2D eigenvalue weighted by atomic mass is 10.1. The molecule has 1 unspecified atom stereocenters. The molecule has 0 aliphatic rings. The number of imidazole rings is 1. The second-order valence-electron chi connectivity index (χ2n) is 4.85. The van der Waals surface area contributed by atoms with Crippen molar-refractivity contribution in [2.45, 2.75) is 32.2 Å². The van der Waals surface area contributed by atoms with Crippen molar-refractivity contribution in [1.82, 2.24) is 14.9 Å². The number of hydrogen-bond donors (Lipinski definition) is 1. The average Bonchev–Trinajstić information content (AvgIpc) is 3.08. The van der Waals surface area contributed by atoms with Gasteiger partial charge < -0.3 is 14.6 Å². The molecular formula is C15H23N3OS. The highest BCUT2D eigenvalue weighted by molar-refractivity contribution is 7.10. The van der Waals surface area contributed by atoms with Crippen LogP contribution in [-0.4, -0.2) is 23.2 Å². The van der Waals surface area contributed by atoms with Gasteiger partial charge in [-0.1, -0.05) is 6.92 Å². The Hall–Kier alpha value is -1.33. The van der Waals surface area contributed by atoms with Crippen LogP contribution in [0.15, 0.2) is 23.8 Å². The van der Waals surface area contributed by atoms with Gasteiger partial charge in [0.1, 0.15) is 11.6 Å². The monoisotopic (exact) mass is 293 g/mol. The van der Waals surface area contributed by atoms with Crippen molar-refractivity contribution in [3.63, 3.8) is 0 Å². The van der Waals surface area contributed by atoms with E-state index in [0.717, 1.165) is 37.4 Å². The maximum absolute atomic E-state index is 5.46. The fraction of sp³-hybridized carbons (Fsp3) is 0.533. The van der Waals surface area contributed by atoms with Crippen molar-refractivity contribution < 1.29 is 4.74 Å². The largest absolute Gasteiger partial charge is 0.496 e. The van der Waals surface area contributed by atoms with E-state index in [1.807, 2.05) is 25.5 Å². The molecule has 0 aliphatic heterocycles. The van der Waals surface area contributed by atoms with Gasteiger partial charge in [-0.3, -0.25) is 0 Å². The van der Waals surface area contributed by atoms with Gasteiger partial charge in [-0.15, -0.1) is 11.3 Å². The molecular weight excluding hydrogens is 270 g/mol. The Morgan fingerprint density at radius 1 is 1.50 bits per heavy atom. The predicted molar refractivity (Wildman–Crippen MR) is 83.4 cm³/mol. The number of nitrogens with one attached hydrogen (secondary N) is 1. The van der Waals surface area contributed by atoms with Gasteiger partial charge in [-0.2, -0.15) is 0 Å². The van der Waals surface area contributed by atoms with Crippen LogP contribution < -0.4 is 10.1 Å². The van der Waals surface area contributed by atoms with Crippen molar-refractivity contribution in [2.24, 2.45) is 7.05 Å². The molecule has 1 N–H and O–H groups in total. The number of thiophene rings is 1. The van der Waals surface area contributed by atoms with E-state index in [1.165, 1.54) is 4.88 Å². The van der Waals surface area contributed by atoms with Gasteiger partial charge in [-0.25, -0.2) is 4.98 Å². The number of methoxy groups -OCH3 is 1. The van der Waals surface area contributed by atoms with Gasteiger partial charge in [0, 0.05) is 31.9 Å². The number of hydrogen-bond acceptors (Lipinski definition) is 4. The third-order valence-corrected chi connectivity index (χ3v) is 4.42. The first-order valence-corrected chi connectivity index (χ1v) is 7.95. The lowest BCUT2D eigenvalue weighted by Gasteiger charge is -2.18. The summed E-state index contributed by atoms with van der Waals surface area (Å²) < 4.78 is 7.54. The van der Waals surface area contributed by atoms with Crippen LogP contribution in [0.5, 0.6) is 5.75 Å². The third-order valence-electron chi connectivity index (χ3n) is 3.41. The lowest BCUT2D eigenvalue weighted by Crippen LogP contribution is -2.22. The molecule has 0 saturated carbocycles. The van der Waals surface area contributed by atoms with E-state index in [0.29, 0.717) is 6.04 Å². The molecule has 0 fully saturated rings. The molecule has 5 heteroatoms. The summed E-state index contributed by atoms with van der Waals surface area (Å²) in [6.07, 6.45) is 6.98. The van der Waals surface area contributed by atoms with Gasteiger partial charge in [-0.05, 0) is 30.8 Å². The fourth-order valence-electron chi connectivity index (χ4n) is 2.29. The van der Waals surface area contributed by atoms with Crippen molar-refractivity contribution in [3.8, 4) is 5.75 Å². The maximum Gasteiger partial charge on any atom is 0.134 e. The predicted octanol–water partition coefficient (Wildman–Crippen LogP) is 3.16. The molecule has 4 nitrogen and oxygen atoms in total. The first-order chi connectivity index (χ1) is 9.76. The molecule has 1 atom stereocenters. The third kappa shape index (κ3) is 3.61. The normalized spacial score (nSPS) is 12.6. The molecule has 20 heavy (non-hydrogen) atoms. The molecule has 0 aliphatic carbocycles. The first kappa shape index (κ1) is 15.1. The van der Waals surface area contributed by atoms with E-state index in [2.05, 4.69) is 27.2 Å². The van der Waals surface area contributed by atoms with Crippen molar-refractivity contribution in [1.29, 1.82) is 0 Å². The Morgan fingerprint density at radius 3 is 3.00 bits per heavy atom. The summed E-state index contributed by atoms with van der Waals surface area (Å²) in [5.41, 5.74) is 0. The molecule has 2 rings (SSSR count). The lowest BCUT2D eigenvalue weighted by molar-refractivity contribution is 0.399. The first-order valence-electron chi connectivity index (χ1n) is 7.07. The zero-order valence-electron chi connectivity index (χ0n) is 12.4. The number of aryl methyl sites for hydroxylation is 2. The van der Waals surface area contributed by atoms with Crippen LogP contribution in [0.25, 0.3) is 0 Å². The van der Waals surface area contributed by atoms with Gasteiger partial charge in [0.25, 0.3) is 0 Å². The molecule has 0 aromatic carbocycles. The second-order valence-corrected chi connectivity index (χ2v) is 5.80. The zero-order chi connectivity index (χ0) is 14.4. The van der Waals surface area contributed by atoms with Crippen molar-refractivity contribution >= 4 is 11.3 Å². The van der Waals surface area contributed by atoms with Crippen LogP contribution >= 0.6 is 11.3 Å². The summed E-state index contributed by atoms with van der Waals surface area (Å²) in [4.78, 5) is 5.69. The van der Waals surface area contributed by atoms with Gasteiger partial charge in [0.15, 0.2) is 0 Å². The Bertz CT molecular complexity index is 521. The molecule has 2 aromatic rings. The molecule has 0 bridgehead atoms. The molecule has 0 saturated heterocycles. The van der Waals surface area contributed by atoms with Crippen LogP contribution in [0, 0.1) is 0 Å². The van der Waals surface area contributed by atoms with Gasteiger partial charge >= 0.3 is 0 Å². The quantitative estimate of drug-likeness (QED) is 0.812. The Labute approximate surface area is 124 Å². The number of ether oxygens (including phenoxy) is 1. The molecule has 110 valence electrons. The topological polar surface area (TPSA) is 39.1 Å². The van der Waals surface area contributed by atoms with Gasteiger partial charge in [0.2, 0.25) is 0 Å². The summed E-state index contributed by atoms with van der Waals surface area (Å²) in [5.74, 6) is 2.12. The average molecular weight is 293 g/mol. The Balaban J connectivity index is 2.05. The number of rotatable bonds is 8. The van der Waals surface area contributed by atoms with Crippen LogP contribution in [0.2, 0.25) is 0 Å². The van der Waals surface area contributed by atoms with E-state index in [9.17, 15) is 0 Å². The molecule has 2 aromatic heterocycles. The van der Waals surface area contributed by atoms with Crippen LogP contribution in [0.1, 0.15) is 36.5 Å². The standard InChI is InChI=1S/C15H23N3OS/c1-4-8-16-12(15-13(19-3)7-11-20-15)5-6-14-17-9-10-18(14)2/h7,9-12,16H,4-6,8H2,1-3H3. The van der Waals surface area contributed by atoms with Crippen molar-refractivity contribution in [3.05, 3.63) is 34.5 Å². The van der Waals surface area contributed by atoms with E-state index in [-0.39, 0.29) is 0 Å². The van der Waals surface area contributed by atoms with Crippen LogP contribution in [0.4, 0.5) is 0 Å². The van der Waals surface area contributed by atoms with Crippen LogP contribution in [0.3, 0.4) is 0 Å². The van der Waals surface area contributed by atoms with E-state index < -0.39 is 0 Å². The zero-order valence-corrected chi connectivity index (χ0v) is 13.2. The summed E-state index contributed by atoms with van der Waals surface area (Å²) >= 11 is 1.76. The minimum absolute atomic E-state index is 0.335. The fourth-order valence-corrected chi connectivity index (χ4v) is 3.26. The van der Waals surface area contributed by atoms with Gasteiger partial charge in [0.05, 0.1) is 12.0 Å². The van der Waals surface area contributed by atoms with Crippen molar-refractivity contribution in [2.75, 3.05) is 13.7 Å². The Morgan fingerprint density at radius 2 is 2.35 bits per heavy atom. The summed E-state index contributed by atoms with van der Waals surface area (Å²) in [6, 6.07) is 2.38. The number of aromatic nitrogens is 2. The van der Waals surface area contributed by atoms with E-state index in [1.54, 1.807) is 18.4 Å². The Kier molecular flexibility index (Phi) is 5.61. The second kappa shape index (κ2) is 7.45. The summed E-state index contributed by atoms with van der Waals surface area (Å²) in [6.45, 7) is 3.21.